The number of carboxylic acids is 1. The van der Waals surface area contributed by atoms with E-state index in [1.807, 2.05) is 0 Å². The Balaban J connectivity index is 1.69. The Morgan fingerprint density at radius 1 is 1.29 bits per heavy atom. The van der Waals surface area contributed by atoms with Crippen molar-refractivity contribution in [2.45, 2.75) is 12.8 Å². The third kappa shape index (κ3) is 5.02. The largest absolute Gasteiger partial charge is 0.491 e. The number of carbonyl (C=O) groups is 1. The Morgan fingerprint density at radius 2 is 2.00 bits per heavy atom. The molecule has 1 aromatic rings. The summed E-state index contributed by atoms with van der Waals surface area (Å²) >= 11 is 0. The van der Waals surface area contributed by atoms with Crippen LogP contribution in [0.3, 0.4) is 0 Å². The summed E-state index contributed by atoms with van der Waals surface area (Å²) in [5, 5.41) is 9.08. The van der Waals surface area contributed by atoms with E-state index in [-0.39, 0.29) is 5.56 Å². The molecule has 21 heavy (non-hydrogen) atoms. The number of rotatable bonds is 8. The quantitative estimate of drug-likeness (QED) is 0.791. The Bertz CT molecular complexity index is 459. The van der Waals surface area contributed by atoms with E-state index in [0.717, 1.165) is 19.6 Å². The van der Waals surface area contributed by atoms with Crippen molar-refractivity contribution >= 4 is 5.97 Å². The van der Waals surface area contributed by atoms with E-state index in [1.54, 1.807) is 24.3 Å². The molecule has 0 saturated carbocycles. The van der Waals surface area contributed by atoms with Gasteiger partial charge in [-0.05, 0) is 45.1 Å². The van der Waals surface area contributed by atoms with E-state index in [0.29, 0.717) is 12.4 Å². The van der Waals surface area contributed by atoms with Gasteiger partial charge in [0.2, 0.25) is 0 Å². The van der Waals surface area contributed by atoms with Gasteiger partial charge in [-0.3, -0.25) is 0 Å². The van der Waals surface area contributed by atoms with Gasteiger partial charge in [0.1, 0.15) is 17.9 Å². The Labute approximate surface area is 126 Å². The van der Waals surface area contributed by atoms with E-state index in [9.17, 15) is 4.79 Å². The van der Waals surface area contributed by atoms with E-state index < -0.39 is 5.97 Å². The molecule has 1 heterocycles. The summed E-state index contributed by atoms with van der Waals surface area (Å²) in [6.45, 7) is 5.85. The van der Waals surface area contributed by atoms with Crippen molar-refractivity contribution in [3.05, 3.63) is 29.8 Å². The van der Waals surface area contributed by atoms with Gasteiger partial charge in [-0.15, -0.1) is 0 Å². The summed E-state index contributed by atoms with van der Waals surface area (Å²) in [6.07, 6.45) is 2.64. The highest BCUT2D eigenvalue weighted by Gasteiger charge is 2.12. The maximum absolute atomic E-state index is 11.1. The van der Waals surface area contributed by atoms with Gasteiger partial charge in [-0.25, -0.2) is 4.79 Å². The van der Waals surface area contributed by atoms with Gasteiger partial charge in [0.15, 0.2) is 0 Å². The Kier molecular flexibility index (Phi) is 6.02. The number of likely N-dealkylation sites (N-methyl/N-ethyl adjacent to an activating group) is 1. The smallest absolute Gasteiger partial charge is 0.339 e. The molecule has 0 aromatic heterocycles. The van der Waals surface area contributed by atoms with E-state index in [4.69, 9.17) is 9.84 Å². The molecule has 0 unspecified atom stereocenters. The van der Waals surface area contributed by atoms with Crippen molar-refractivity contribution in [3.8, 4) is 5.75 Å². The van der Waals surface area contributed by atoms with Crippen LogP contribution in [0.5, 0.6) is 5.75 Å². The normalized spacial score (nSPS) is 15.5. The predicted octanol–water partition coefficient (Wildman–Crippen LogP) is 1.79. The fraction of sp³-hybridized carbons (Fsp3) is 0.562. The van der Waals surface area contributed by atoms with E-state index in [2.05, 4.69) is 16.8 Å². The molecule has 2 rings (SSSR count). The molecule has 0 amide bonds. The average molecular weight is 292 g/mol. The van der Waals surface area contributed by atoms with Gasteiger partial charge in [0, 0.05) is 19.6 Å². The van der Waals surface area contributed by atoms with Gasteiger partial charge < -0.3 is 19.6 Å². The standard InChI is InChI=1S/C16H24N2O3/c1-17(10-11-18-8-4-5-9-18)12-13-21-15-7-3-2-6-14(15)16(19)20/h2-3,6-7H,4-5,8-13H2,1H3,(H,19,20). The molecule has 1 aliphatic heterocycles. The highest BCUT2D eigenvalue weighted by atomic mass is 16.5. The fourth-order valence-corrected chi connectivity index (χ4v) is 2.51. The number of hydrogen-bond donors (Lipinski definition) is 1. The van der Waals surface area contributed by atoms with E-state index in [1.165, 1.54) is 25.9 Å². The van der Waals surface area contributed by atoms with Gasteiger partial charge in [0.25, 0.3) is 0 Å². The van der Waals surface area contributed by atoms with E-state index >= 15 is 0 Å². The molecule has 1 aromatic carbocycles. The molecule has 0 radical (unpaired) electrons. The number of likely N-dealkylation sites (tertiary alicyclic amines) is 1. The van der Waals surface area contributed by atoms with Gasteiger partial charge >= 0.3 is 5.97 Å². The molecular weight excluding hydrogens is 268 g/mol. The molecule has 5 heteroatoms. The lowest BCUT2D eigenvalue weighted by atomic mass is 10.2. The molecule has 1 N–H and O–H groups in total. The number of carboxylic acid groups (broad SMARTS) is 1. The molecule has 1 aliphatic rings. The summed E-state index contributed by atoms with van der Waals surface area (Å²) in [5.41, 5.74) is 0.220. The molecule has 1 saturated heterocycles. The maximum Gasteiger partial charge on any atom is 0.339 e. The van der Waals surface area contributed by atoms with Gasteiger partial charge in [-0.1, -0.05) is 12.1 Å². The van der Waals surface area contributed by atoms with Crippen molar-refractivity contribution in [1.82, 2.24) is 9.80 Å². The maximum atomic E-state index is 11.1. The Hall–Kier alpha value is -1.59. The lowest BCUT2D eigenvalue weighted by Gasteiger charge is -2.21. The highest BCUT2D eigenvalue weighted by Crippen LogP contribution is 2.17. The molecular formula is C16H24N2O3. The number of hydrogen-bond acceptors (Lipinski definition) is 4. The number of aromatic carboxylic acids is 1. The number of para-hydroxylation sites is 1. The van der Waals surface area contributed by atoms with Gasteiger partial charge in [-0.2, -0.15) is 0 Å². The lowest BCUT2D eigenvalue weighted by Crippen LogP contribution is -2.33. The number of nitrogens with zero attached hydrogens (tertiary/aromatic N) is 2. The fourth-order valence-electron chi connectivity index (χ4n) is 2.51. The zero-order chi connectivity index (χ0) is 15.1. The van der Waals surface area contributed by atoms with Crippen LogP contribution in [0.15, 0.2) is 24.3 Å². The lowest BCUT2D eigenvalue weighted by molar-refractivity contribution is 0.0691. The molecule has 0 aliphatic carbocycles. The van der Waals surface area contributed by atoms with Crippen molar-refractivity contribution < 1.29 is 14.6 Å². The zero-order valence-corrected chi connectivity index (χ0v) is 12.6. The minimum Gasteiger partial charge on any atom is -0.491 e. The topological polar surface area (TPSA) is 53.0 Å². The van der Waals surface area contributed by atoms with Crippen LogP contribution in [0.25, 0.3) is 0 Å². The second-order valence-corrected chi connectivity index (χ2v) is 5.50. The van der Waals surface area contributed by atoms with Crippen LogP contribution in [-0.4, -0.2) is 67.3 Å². The first kappa shape index (κ1) is 15.8. The third-order valence-electron chi connectivity index (χ3n) is 3.84. The molecule has 1 fully saturated rings. The van der Waals surface area contributed by atoms with Crippen LogP contribution in [0, 0.1) is 0 Å². The minimum absolute atomic E-state index is 0.220. The van der Waals surface area contributed by atoms with Crippen LogP contribution in [0.1, 0.15) is 23.2 Å². The third-order valence-corrected chi connectivity index (χ3v) is 3.84. The summed E-state index contributed by atoms with van der Waals surface area (Å²) in [4.78, 5) is 15.8. The van der Waals surface area contributed by atoms with Gasteiger partial charge in [0.05, 0.1) is 0 Å². The molecule has 0 atom stereocenters. The van der Waals surface area contributed by atoms with Crippen LogP contribution in [0.4, 0.5) is 0 Å². The first-order chi connectivity index (χ1) is 10.2. The minimum atomic E-state index is -0.951. The second-order valence-electron chi connectivity index (χ2n) is 5.50. The van der Waals surface area contributed by atoms with Crippen LogP contribution in [-0.2, 0) is 0 Å². The second kappa shape index (κ2) is 8.00. The molecule has 0 spiro atoms. The van der Waals surface area contributed by atoms with Crippen LogP contribution >= 0.6 is 0 Å². The first-order valence-electron chi connectivity index (χ1n) is 7.53. The van der Waals surface area contributed by atoms with Crippen molar-refractivity contribution in [2.24, 2.45) is 0 Å². The molecule has 0 bridgehead atoms. The average Bonchev–Trinajstić information content (AvgIpc) is 2.99. The van der Waals surface area contributed by atoms with Crippen molar-refractivity contribution in [3.63, 3.8) is 0 Å². The molecule has 5 nitrogen and oxygen atoms in total. The first-order valence-corrected chi connectivity index (χ1v) is 7.53. The summed E-state index contributed by atoms with van der Waals surface area (Å²) < 4.78 is 5.60. The van der Waals surface area contributed by atoms with Crippen molar-refractivity contribution in [1.29, 1.82) is 0 Å². The van der Waals surface area contributed by atoms with Crippen LogP contribution in [0.2, 0.25) is 0 Å². The summed E-state index contributed by atoms with van der Waals surface area (Å²) in [5.74, 6) is -0.508. The Morgan fingerprint density at radius 3 is 2.71 bits per heavy atom. The zero-order valence-electron chi connectivity index (χ0n) is 12.6. The number of ether oxygens (including phenoxy) is 1. The highest BCUT2D eigenvalue weighted by molar-refractivity contribution is 5.90. The van der Waals surface area contributed by atoms with Crippen molar-refractivity contribution in [2.75, 3.05) is 46.4 Å². The molecule has 116 valence electrons. The monoisotopic (exact) mass is 292 g/mol. The SMILES string of the molecule is CN(CCOc1ccccc1C(=O)O)CCN1CCCC1. The summed E-state index contributed by atoms with van der Waals surface area (Å²) in [6, 6.07) is 6.76. The van der Waals surface area contributed by atoms with Crippen LogP contribution < -0.4 is 4.74 Å². The predicted molar refractivity (Wildman–Crippen MR) is 82.1 cm³/mol. The summed E-state index contributed by atoms with van der Waals surface area (Å²) in [7, 11) is 2.07. The number of benzene rings is 1.